The molecule has 0 spiro atoms. The van der Waals surface area contributed by atoms with E-state index in [-0.39, 0.29) is 0 Å². The average molecular weight is 233 g/mol. The first kappa shape index (κ1) is 10.9. The summed E-state index contributed by atoms with van der Waals surface area (Å²) in [5.74, 6) is 1.82. The fourth-order valence-corrected chi connectivity index (χ4v) is 2.07. The first-order valence-electron chi connectivity index (χ1n) is 6.39. The molecule has 1 aromatic carbocycles. The van der Waals surface area contributed by atoms with Gasteiger partial charge < -0.3 is 14.8 Å². The van der Waals surface area contributed by atoms with Crippen LogP contribution >= 0.6 is 0 Å². The van der Waals surface area contributed by atoms with Crippen LogP contribution in [0.5, 0.6) is 11.5 Å². The summed E-state index contributed by atoms with van der Waals surface area (Å²) in [5.41, 5.74) is 1.56. The summed E-state index contributed by atoms with van der Waals surface area (Å²) in [6.07, 6.45) is 3.51. The molecule has 0 saturated heterocycles. The Morgan fingerprint density at radius 3 is 2.88 bits per heavy atom. The molecule has 1 aromatic rings. The first-order chi connectivity index (χ1) is 8.27. The highest BCUT2D eigenvalue weighted by molar-refractivity contribution is 5.47. The number of rotatable bonds is 3. The van der Waals surface area contributed by atoms with Gasteiger partial charge in [-0.1, -0.05) is 12.1 Å². The molecule has 17 heavy (non-hydrogen) atoms. The zero-order chi connectivity index (χ0) is 11.7. The summed E-state index contributed by atoms with van der Waals surface area (Å²) in [5, 5.41) is 3.58. The molecule has 92 valence electrons. The van der Waals surface area contributed by atoms with Crippen molar-refractivity contribution in [2.45, 2.75) is 38.3 Å². The smallest absolute Gasteiger partial charge is 0.165 e. The minimum atomic E-state index is 0.355. The average Bonchev–Trinajstić information content (AvgIpc) is 3.10. The molecule has 3 nitrogen and oxygen atoms in total. The predicted molar refractivity (Wildman–Crippen MR) is 66.5 cm³/mol. The molecule has 0 unspecified atom stereocenters. The molecular formula is C14H19NO2. The Labute approximate surface area is 102 Å². The van der Waals surface area contributed by atoms with E-state index in [2.05, 4.69) is 18.3 Å². The molecule has 2 aliphatic rings. The molecule has 0 radical (unpaired) electrons. The van der Waals surface area contributed by atoms with Gasteiger partial charge in [0.1, 0.15) is 0 Å². The van der Waals surface area contributed by atoms with Crippen molar-refractivity contribution in [3.8, 4) is 11.5 Å². The van der Waals surface area contributed by atoms with Crippen molar-refractivity contribution in [1.82, 2.24) is 5.32 Å². The lowest BCUT2D eigenvalue weighted by atomic mass is 10.1. The molecule has 1 fully saturated rings. The van der Waals surface area contributed by atoms with Crippen molar-refractivity contribution in [3.63, 3.8) is 0 Å². The van der Waals surface area contributed by atoms with Crippen molar-refractivity contribution in [1.29, 1.82) is 0 Å². The number of para-hydroxylation sites is 1. The molecule has 1 N–H and O–H groups in total. The maximum absolute atomic E-state index is 5.80. The zero-order valence-corrected chi connectivity index (χ0v) is 10.3. The van der Waals surface area contributed by atoms with E-state index in [1.807, 2.05) is 12.1 Å². The maximum atomic E-state index is 5.80. The Morgan fingerprint density at radius 1 is 1.24 bits per heavy atom. The third-order valence-electron chi connectivity index (χ3n) is 3.56. The molecule has 1 saturated carbocycles. The second-order valence-electron chi connectivity index (χ2n) is 5.21. The lowest BCUT2D eigenvalue weighted by molar-refractivity contribution is 0.295. The van der Waals surface area contributed by atoms with E-state index >= 15 is 0 Å². The van der Waals surface area contributed by atoms with Crippen molar-refractivity contribution >= 4 is 0 Å². The van der Waals surface area contributed by atoms with Gasteiger partial charge in [-0.2, -0.15) is 0 Å². The monoisotopic (exact) mass is 233 g/mol. The third kappa shape index (κ3) is 2.39. The van der Waals surface area contributed by atoms with Crippen molar-refractivity contribution in [2.24, 2.45) is 0 Å². The Balaban J connectivity index is 1.78. The van der Waals surface area contributed by atoms with Gasteiger partial charge in [0.25, 0.3) is 0 Å². The van der Waals surface area contributed by atoms with E-state index in [9.17, 15) is 0 Å². The van der Waals surface area contributed by atoms with Crippen LogP contribution < -0.4 is 14.8 Å². The number of fused-ring (bicyclic) bond motifs is 1. The van der Waals surface area contributed by atoms with Gasteiger partial charge >= 0.3 is 0 Å². The third-order valence-corrected chi connectivity index (χ3v) is 3.56. The topological polar surface area (TPSA) is 30.5 Å². The number of hydrogen-bond donors (Lipinski definition) is 1. The van der Waals surface area contributed by atoms with E-state index in [1.165, 1.54) is 18.4 Å². The summed E-state index contributed by atoms with van der Waals surface area (Å²) in [7, 11) is 0. The van der Waals surface area contributed by atoms with Crippen LogP contribution in [0.2, 0.25) is 0 Å². The van der Waals surface area contributed by atoms with Crippen LogP contribution in [-0.2, 0) is 6.54 Å². The fraction of sp³-hybridized carbons (Fsp3) is 0.571. The van der Waals surface area contributed by atoms with Gasteiger partial charge in [0.05, 0.1) is 13.2 Å². The lowest BCUT2D eigenvalue weighted by Crippen LogP contribution is -2.27. The van der Waals surface area contributed by atoms with E-state index in [4.69, 9.17) is 9.47 Å². The molecule has 1 aliphatic carbocycles. The maximum Gasteiger partial charge on any atom is 0.165 e. The minimum absolute atomic E-state index is 0.355. The van der Waals surface area contributed by atoms with Gasteiger partial charge in [-0.15, -0.1) is 0 Å². The highest BCUT2D eigenvalue weighted by Crippen LogP contribution is 2.37. The fourth-order valence-electron chi connectivity index (χ4n) is 2.07. The molecule has 0 bridgehead atoms. The molecular weight excluding hydrogens is 214 g/mol. The van der Waals surface area contributed by atoms with Gasteiger partial charge in [0.15, 0.2) is 11.5 Å². The van der Waals surface area contributed by atoms with Gasteiger partial charge in [-0.3, -0.25) is 0 Å². The number of nitrogens with one attached hydrogen (secondary N) is 1. The summed E-state index contributed by atoms with van der Waals surface area (Å²) in [6.45, 7) is 4.64. The second-order valence-corrected chi connectivity index (χ2v) is 5.21. The van der Waals surface area contributed by atoms with Gasteiger partial charge in [-0.25, -0.2) is 0 Å². The molecule has 0 amide bonds. The van der Waals surface area contributed by atoms with Crippen molar-refractivity contribution < 1.29 is 9.47 Å². The summed E-state index contributed by atoms with van der Waals surface area (Å²) in [6, 6.07) is 6.15. The Morgan fingerprint density at radius 2 is 2.06 bits per heavy atom. The number of benzene rings is 1. The SMILES string of the molecule is CC1(NCc2cccc3c2OCCCO3)CC1. The largest absolute Gasteiger partial charge is 0.490 e. The molecule has 3 rings (SSSR count). The van der Waals surface area contributed by atoms with Crippen LogP contribution in [0.3, 0.4) is 0 Å². The van der Waals surface area contributed by atoms with Crippen molar-refractivity contribution in [3.05, 3.63) is 23.8 Å². The summed E-state index contributed by atoms with van der Waals surface area (Å²) >= 11 is 0. The minimum Gasteiger partial charge on any atom is -0.490 e. The quantitative estimate of drug-likeness (QED) is 0.870. The van der Waals surface area contributed by atoms with Gasteiger partial charge in [0.2, 0.25) is 0 Å². The lowest BCUT2D eigenvalue weighted by Gasteiger charge is -2.15. The Kier molecular flexibility index (Phi) is 2.71. The highest BCUT2D eigenvalue weighted by atomic mass is 16.5. The Bertz CT molecular complexity index is 413. The first-order valence-corrected chi connectivity index (χ1v) is 6.39. The van der Waals surface area contributed by atoms with E-state index < -0.39 is 0 Å². The van der Waals surface area contributed by atoms with E-state index in [0.29, 0.717) is 5.54 Å². The summed E-state index contributed by atoms with van der Waals surface area (Å²) < 4.78 is 11.5. The second kappa shape index (κ2) is 4.22. The standard InChI is InChI=1S/C14H19NO2/c1-14(6-7-14)15-10-11-4-2-5-12-13(11)17-9-3-8-16-12/h2,4-5,15H,3,6-10H2,1H3. The molecule has 0 atom stereocenters. The highest BCUT2D eigenvalue weighted by Gasteiger charge is 2.36. The molecule has 1 heterocycles. The van der Waals surface area contributed by atoms with E-state index in [0.717, 1.165) is 37.7 Å². The zero-order valence-electron chi connectivity index (χ0n) is 10.3. The van der Waals surface area contributed by atoms with Crippen LogP contribution in [0.1, 0.15) is 31.7 Å². The normalized spacial score (nSPS) is 20.8. The molecule has 3 heteroatoms. The van der Waals surface area contributed by atoms with Crippen LogP contribution in [-0.4, -0.2) is 18.8 Å². The van der Waals surface area contributed by atoms with Crippen LogP contribution in [0.4, 0.5) is 0 Å². The Hall–Kier alpha value is -1.22. The molecule has 1 aliphatic heterocycles. The predicted octanol–water partition coefficient (Wildman–Crippen LogP) is 2.49. The summed E-state index contributed by atoms with van der Waals surface area (Å²) in [4.78, 5) is 0. The van der Waals surface area contributed by atoms with Crippen molar-refractivity contribution in [2.75, 3.05) is 13.2 Å². The van der Waals surface area contributed by atoms with Crippen LogP contribution in [0.25, 0.3) is 0 Å². The van der Waals surface area contributed by atoms with Crippen LogP contribution in [0, 0.1) is 0 Å². The van der Waals surface area contributed by atoms with Crippen LogP contribution in [0.15, 0.2) is 18.2 Å². The number of hydrogen-bond acceptors (Lipinski definition) is 3. The van der Waals surface area contributed by atoms with Gasteiger partial charge in [-0.05, 0) is 25.8 Å². The number of ether oxygens (including phenoxy) is 2. The molecule has 0 aromatic heterocycles. The van der Waals surface area contributed by atoms with E-state index in [1.54, 1.807) is 0 Å². The van der Waals surface area contributed by atoms with Gasteiger partial charge in [0, 0.05) is 24.1 Å².